The quantitative estimate of drug-likeness (QED) is 0.297. The number of nitrogens with one attached hydrogen (secondary N) is 1. The number of aryl methyl sites for hydroxylation is 4. The molecule has 3 rings (SSSR count). The van der Waals surface area contributed by atoms with Crippen molar-refractivity contribution in [2.75, 3.05) is 5.32 Å². The second-order valence-electron chi connectivity index (χ2n) is 8.65. The number of allylic oxidation sites excluding steroid dienone is 1. The largest absolute Gasteiger partial charge is 0.325 e. The molecule has 3 aromatic rings. The highest BCUT2D eigenvalue weighted by atomic mass is 32.2. The first-order valence-corrected chi connectivity index (χ1v) is 14.0. The Bertz CT molecular complexity index is 1310. The second-order valence-corrected chi connectivity index (χ2v) is 11.8. The van der Waals surface area contributed by atoms with E-state index in [9.17, 15) is 13.2 Å². The van der Waals surface area contributed by atoms with E-state index >= 15 is 0 Å². The summed E-state index contributed by atoms with van der Waals surface area (Å²) in [4.78, 5) is 13.4. The average molecular weight is 513 g/mol. The maximum Gasteiger partial charge on any atom is 0.237 e. The minimum Gasteiger partial charge on any atom is -0.325 e. The number of rotatable bonds is 10. The zero-order valence-corrected chi connectivity index (χ0v) is 22.5. The Balaban J connectivity index is 1.83. The first-order chi connectivity index (χ1) is 16.6. The molecule has 9 heteroatoms. The Hall–Kier alpha value is -2.91. The number of nitrogens with zero attached hydrogens (tertiary/aromatic N) is 3. The van der Waals surface area contributed by atoms with E-state index in [4.69, 9.17) is 0 Å². The number of carbonyl (C=O) groups is 1. The van der Waals surface area contributed by atoms with E-state index in [0.29, 0.717) is 23.9 Å². The van der Waals surface area contributed by atoms with Crippen molar-refractivity contribution < 1.29 is 13.2 Å². The molecule has 0 aliphatic rings. The Labute approximate surface area is 212 Å². The molecule has 1 aromatic heterocycles. The highest BCUT2D eigenvalue weighted by Crippen LogP contribution is 2.29. The summed E-state index contributed by atoms with van der Waals surface area (Å²) in [6.45, 7) is 13.9. The molecular formula is C26H32N4O3S2. The number of sulfone groups is 1. The fourth-order valence-corrected chi connectivity index (χ4v) is 6.11. The summed E-state index contributed by atoms with van der Waals surface area (Å²) >= 11 is 1.28. The van der Waals surface area contributed by atoms with Gasteiger partial charge in [0.25, 0.3) is 0 Å². The van der Waals surface area contributed by atoms with Gasteiger partial charge in [-0.05, 0) is 57.4 Å². The molecule has 0 spiro atoms. The number of aromatic nitrogens is 3. The number of hydrogen-bond donors (Lipinski definition) is 1. The van der Waals surface area contributed by atoms with Crippen LogP contribution in [0.25, 0.3) is 0 Å². The lowest BCUT2D eigenvalue weighted by atomic mass is 10.0. The summed E-state index contributed by atoms with van der Waals surface area (Å²) in [5.41, 5.74) is 4.96. The van der Waals surface area contributed by atoms with Crippen LogP contribution >= 0.6 is 11.8 Å². The Morgan fingerprint density at radius 1 is 1.09 bits per heavy atom. The van der Waals surface area contributed by atoms with Gasteiger partial charge in [0.1, 0.15) is 11.6 Å². The molecular weight excluding hydrogens is 480 g/mol. The van der Waals surface area contributed by atoms with Crippen molar-refractivity contribution >= 4 is 33.2 Å². The van der Waals surface area contributed by atoms with Gasteiger partial charge in [-0.3, -0.25) is 4.79 Å². The minimum absolute atomic E-state index is 0.130. The smallest absolute Gasteiger partial charge is 0.237 e. The van der Waals surface area contributed by atoms with Gasteiger partial charge >= 0.3 is 0 Å². The molecule has 1 amide bonds. The molecule has 1 heterocycles. The topological polar surface area (TPSA) is 93.9 Å². The molecule has 35 heavy (non-hydrogen) atoms. The van der Waals surface area contributed by atoms with Crippen molar-refractivity contribution in [3.8, 4) is 0 Å². The number of hydrogen-bond acceptors (Lipinski definition) is 6. The van der Waals surface area contributed by atoms with Crippen LogP contribution in [0.5, 0.6) is 0 Å². The molecule has 0 fully saturated rings. The summed E-state index contributed by atoms with van der Waals surface area (Å²) < 4.78 is 27.7. The SMILES string of the molecule is C=CCn1c(CS(=O)(=O)c2ccc(C)cc2)nnc1SC(CC)C(=O)Nc1c(C)cc(C)cc1C. The normalized spacial score (nSPS) is 12.4. The molecule has 0 saturated heterocycles. The zero-order chi connectivity index (χ0) is 25.8. The highest BCUT2D eigenvalue weighted by molar-refractivity contribution is 8.00. The van der Waals surface area contributed by atoms with Crippen LogP contribution in [0.2, 0.25) is 0 Å². The predicted molar refractivity (Wildman–Crippen MR) is 142 cm³/mol. The summed E-state index contributed by atoms with van der Waals surface area (Å²) in [7, 11) is -3.61. The standard InChI is InChI=1S/C26H32N4O3S2/c1-7-13-30-23(16-35(32,33)21-11-9-17(3)10-12-21)28-29-26(30)34-22(8-2)25(31)27-24-19(5)14-18(4)15-20(24)6/h7,9-12,14-15,22H,1,8,13,16H2,2-6H3,(H,27,31). The van der Waals surface area contributed by atoms with Crippen molar-refractivity contribution in [1.82, 2.24) is 14.8 Å². The molecule has 1 N–H and O–H groups in total. The van der Waals surface area contributed by atoms with Crippen molar-refractivity contribution in [3.05, 3.63) is 77.1 Å². The lowest BCUT2D eigenvalue weighted by Gasteiger charge is -2.18. The number of benzene rings is 2. The molecule has 1 atom stereocenters. The molecule has 0 aliphatic carbocycles. The molecule has 7 nitrogen and oxygen atoms in total. The van der Waals surface area contributed by atoms with Gasteiger partial charge in [-0.15, -0.1) is 16.8 Å². The van der Waals surface area contributed by atoms with Gasteiger partial charge in [-0.2, -0.15) is 0 Å². The van der Waals surface area contributed by atoms with Crippen molar-refractivity contribution in [2.24, 2.45) is 0 Å². The first kappa shape index (κ1) is 26.7. The highest BCUT2D eigenvalue weighted by Gasteiger charge is 2.25. The van der Waals surface area contributed by atoms with Crippen molar-refractivity contribution in [2.45, 2.75) is 68.6 Å². The Morgan fingerprint density at radius 2 is 1.71 bits per heavy atom. The van der Waals surface area contributed by atoms with Crippen LogP contribution in [0.1, 0.15) is 41.4 Å². The number of amides is 1. The second kappa shape index (κ2) is 11.2. The van der Waals surface area contributed by atoms with E-state index in [1.807, 2.05) is 46.8 Å². The van der Waals surface area contributed by atoms with Crippen LogP contribution in [0, 0.1) is 27.7 Å². The third-order valence-electron chi connectivity index (χ3n) is 5.64. The fourth-order valence-electron chi connectivity index (χ4n) is 3.85. The lowest BCUT2D eigenvalue weighted by molar-refractivity contribution is -0.115. The molecule has 0 bridgehead atoms. The maximum atomic E-state index is 13.1. The first-order valence-electron chi connectivity index (χ1n) is 11.4. The van der Waals surface area contributed by atoms with Gasteiger partial charge in [0.2, 0.25) is 5.91 Å². The average Bonchev–Trinajstić information content (AvgIpc) is 3.15. The van der Waals surface area contributed by atoms with Crippen LogP contribution in [-0.4, -0.2) is 34.3 Å². The van der Waals surface area contributed by atoms with Gasteiger partial charge in [0.15, 0.2) is 15.0 Å². The third kappa shape index (κ3) is 6.41. The van der Waals surface area contributed by atoms with E-state index in [1.54, 1.807) is 34.9 Å². The van der Waals surface area contributed by atoms with E-state index in [1.165, 1.54) is 11.8 Å². The number of anilines is 1. The maximum absolute atomic E-state index is 13.1. The van der Waals surface area contributed by atoms with Crippen molar-refractivity contribution in [1.29, 1.82) is 0 Å². The minimum atomic E-state index is -3.61. The number of thioether (sulfide) groups is 1. The van der Waals surface area contributed by atoms with Crippen molar-refractivity contribution in [3.63, 3.8) is 0 Å². The van der Waals surface area contributed by atoms with Crippen LogP contribution in [0.4, 0.5) is 5.69 Å². The molecule has 0 aliphatic heterocycles. The van der Waals surface area contributed by atoms with E-state index in [-0.39, 0.29) is 16.6 Å². The van der Waals surface area contributed by atoms with Crippen LogP contribution in [-0.2, 0) is 26.9 Å². The molecule has 186 valence electrons. The van der Waals surface area contributed by atoms with Gasteiger partial charge in [0, 0.05) is 12.2 Å². The van der Waals surface area contributed by atoms with Crippen LogP contribution < -0.4 is 5.32 Å². The van der Waals surface area contributed by atoms with Crippen LogP contribution in [0.3, 0.4) is 0 Å². The summed E-state index contributed by atoms with van der Waals surface area (Å²) in [6, 6.07) is 10.8. The molecule has 2 aromatic carbocycles. The van der Waals surface area contributed by atoms with E-state index < -0.39 is 15.1 Å². The van der Waals surface area contributed by atoms with Gasteiger partial charge in [-0.1, -0.05) is 60.2 Å². The summed E-state index contributed by atoms with van der Waals surface area (Å²) in [5, 5.41) is 11.5. The van der Waals surface area contributed by atoms with Gasteiger partial charge in [-0.25, -0.2) is 8.42 Å². The Kier molecular flexibility index (Phi) is 8.56. The molecule has 0 saturated carbocycles. The third-order valence-corrected chi connectivity index (χ3v) is 8.61. The lowest BCUT2D eigenvalue weighted by Crippen LogP contribution is -2.26. The molecule has 1 unspecified atom stereocenters. The summed E-state index contributed by atoms with van der Waals surface area (Å²) in [5.74, 6) is -0.106. The van der Waals surface area contributed by atoms with Crippen LogP contribution in [0.15, 0.2) is 59.1 Å². The predicted octanol–water partition coefficient (Wildman–Crippen LogP) is 5.18. The fraction of sp³-hybridized carbons (Fsp3) is 0.346. The molecule has 0 radical (unpaired) electrons. The summed E-state index contributed by atoms with van der Waals surface area (Å²) in [6.07, 6.45) is 2.23. The number of carbonyl (C=O) groups excluding carboxylic acids is 1. The Morgan fingerprint density at radius 3 is 2.29 bits per heavy atom. The monoisotopic (exact) mass is 512 g/mol. The van der Waals surface area contributed by atoms with Gasteiger partial charge < -0.3 is 9.88 Å². The van der Waals surface area contributed by atoms with E-state index in [0.717, 1.165) is 27.9 Å². The van der Waals surface area contributed by atoms with Gasteiger partial charge in [0.05, 0.1) is 10.1 Å². The zero-order valence-electron chi connectivity index (χ0n) is 20.8. The van der Waals surface area contributed by atoms with E-state index in [2.05, 4.69) is 22.1 Å².